The van der Waals surface area contributed by atoms with Crippen LogP contribution in [0.15, 0.2) is 28.8 Å². The highest BCUT2D eigenvalue weighted by Gasteiger charge is 2.14. The molecule has 1 unspecified atom stereocenters. The smallest absolute Gasteiger partial charge is 0.248 e. The zero-order valence-electron chi connectivity index (χ0n) is 15.9. The normalized spacial score (nSPS) is 16.5. The number of thioether (sulfide) groups is 1. The lowest BCUT2D eigenvalue weighted by atomic mass is 10.1. The molecular formula is C20H30N4OS. The lowest BCUT2D eigenvalue weighted by Crippen LogP contribution is -2.34. The first kappa shape index (κ1) is 19.2. The average molecular weight is 375 g/mol. The van der Waals surface area contributed by atoms with Crippen LogP contribution in [0, 0.1) is 0 Å². The average Bonchev–Trinajstić information content (AvgIpc) is 3.16. The van der Waals surface area contributed by atoms with E-state index in [1.54, 1.807) is 0 Å². The third kappa shape index (κ3) is 5.74. The standard InChI is InChI=1S/C20H30N4OS/c1-3-4-5-19-22-20(25-23-19)16(2)21-18-8-6-17(7-9-18)10-11-24-12-14-26-15-13-24/h6-9,16,21H,3-5,10-15H2,1-2H3. The van der Waals surface area contributed by atoms with E-state index in [-0.39, 0.29) is 6.04 Å². The molecule has 142 valence electrons. The summed E-state index contributed by atoms with van der Waals surface area (Å²) in [5.74, 6) is 4.01. The Hall–Kier alpha value is -1.53. The number of benzene rings is 1. The Kier molecular flexibility index (Phi) is 7.38. The number of nitrogens with one attached hydrogen (secondary N) is 1. The van der Waals surface area contributed by atoms with Gasteiger partial charge in [0, 0.05) is 43.2 Å². The number of aryl methyl sites for hydroxylation is 1. The monoisotopic (exact) mass is 374 g/mol. The van der Waals surface area contributed by atoms with Crippen LogP contribution in [0.4, 0.5) is 5.69 Å². The fourth-order valence-electron chi connectivity index (χ4n) is 3.07. The zero-order chi connectivity index (χ0) is 18.2. The van der Waals surface area contributed by atoms with Crippen LogP contribution in [0.3, 0.4) is 0 Å². The molecule has 1 atom stereocenters. The van der Waals surface area contributed by atoms with Crippen molar-refractivity contribution in [3.05, 3.63) is 41.5 Å². The summed E-state index contributed by atoms with van der Waals surface area (Å²) in [5, 5.41) is 7.52. The molecule has 0 amide bonds. The van der Waals surface area contributed by atoms with E-state index in [2.05, 4.69) is 70.2 Å². The third-order valence-electron chi connectivity index (χ3n) is 4.77. The number of unbranched alkanes of at least 4 members (excludes halogenated alkanes) is 1. The molecule has 1 saturated heterocycles. The lowest BCUT2D eigenvalue weighted by molar-refractivity contribution is 0.306. The van der Waals surface area contributed by atoms with Gasteiger partial charge in [-0.1, -0.05) is 30.6 Å². The lowest BCUT2D eigenvalue weighted by Gasteiger charge is -2.26. The van der Waals surface area contributed by atoms with Gasteiger partial charge >= 0.3 is 0 Å². The van der Waals surface area contributed by atoms with Crippen molar-refractivity contribution in [2.75, 3.05) is 36.5 Å². The summed E-state index contributed by atoms with van der Waals surface area (Å²) < 4.78 is 5.39. The second-order valence-electron chi connectivity index (χ2n) is 6.92. The predicted octanol–water partition coefficient (Wildman–Crippen LogP) is 4.18. The summed E-state index contributed by atoms with van der Waals surface area (Å²) in [4.78, 5) is 7.06. The molecule has 1 aliphatic heterocycles. The topological polar surface area (TPSA) is 54.2 Å². The van der Waals surface area contributed by atoms with Gasteiger partial charge in [-0.3, -0.25) is 0 Å². The van der Waals surface area contributed by atoms with Crippen LogP contribution >= 0.6 is 11.8 Å². The summed E-state index contributed by atoms with van der Waals surface area (Å²) in [5.41, 5.74) is 2.48. The maximum atomic E-state index is 5.39. The van der Waals surface area contributed by atoms with Gasteiger partial charge in [0.25, 0.3) is 0 Å². The van der Waals surface area contributed by atoms with Gasteiger partial charge in [0.2, 0.25) is 5.89 Å². The zero-order valence-corrected chi connectivity index (χ0v) is 16.7. The van der Waals surface area contributed by atoms with Gasteiger partial charge in [-0.25, -0.2) is 0 Å². The van der Waals surface area contributed by atoms with Crippen LogP contribution in [0.1, 0.15) is 50.0 Å². The highest BCUT2D eigenvalue weighted by atomic mass is 32.2. The minimum atomic E-state index is 0.00887. The maximum absolute atomic E-state index is 5.39. The van der Waals surface area contributed by atoms with Crippen molar-refractivity contribution in [2.24, 2.45) is 0 Å². The molecule has 1 N–H and O–H groups in total. The Bertz CT molecular complexity index is 652. The summed E-state index contributed by atoms with van der Waals surface area (Å²) in [7, 11) is 0. The number of hydrogen-bond acceptors (Lipinski definition) is 6. The van der Waals surface area contributed by atoms with Gasteiger partial charge in [0.15, 0.2) is 5.82 Å². The quantitative estimate of drug-likeness (QED) is 0.711. The summed E-state index contributed by atoms with van der Waals surface area (Å²) in [6, 6.07) is 8.73. The molecule has 0 radical (unpaired) electrons. The minimum absolute atomic E-state index is 0.00887. The number of aromatic nitrogens is 2. The molecule has 0 aliphatic carbocycles. The fraction of sp³-hybridized carbons (Fsp3) is 0.600. The van der Waals surface area contributed by atoms with Crippen molar-refractivity contribution in [1.82, 2.24) is 15.0 Å². The summed E-state index contributed by atoms with van der Waals surface area (Å²) >= 11 is 2.06. The van der Waals surface area contributed by atoms with Crippen LogP contribution < -0.4 is 5.32 Å². The highest BCUT2D eigenvalue weighted by Crippen LogP contribution is 2.19. The molecule has 1 aromatic heterocycles. The van der Waals surface area contributed by atoms with E-state index in [0.29, 0.717) is 5.89 Å². The van der Waals surface area contributed by atoms with Crippen LogP contribution in [0.5, 0.6) is 0 Å². The van der Waals surface area contributed by atoms with Crippen LogP contribution in [-0.2, 0) is 12.8 Å². The van der Waals surface area contributed by atoms with E-state index in [0.717, 1.165) is 43.7 Å². The predicted molar refractivity (Wildman–Crippen MR) is 109 cm³/mol. The first-order valence-corrected chi connectivity index (χ1v) is 10.9. The van der Waals surface area contributed by atoms with Gasteiger partial charge in [-0.15, -0.1) is 0 Å². The Balaban J connectivity index is 1.47. The molecule has 1 fully saturated rings. The van der Waals surface area contributed by atoms with Gasteiger partial charge in [-0.05, 0) is 37.5 Å². The van der Waals surface area contributed by atoms with Crippen molar-refractivity contribution in [3.63, 3.8) is 0 Å². The van der Waals surface area contributed by atoms with E-state index in [1.807, 2.05) is 0 Å². The molecule has 1 aliphatic rings. The molecule has 0 saturated carbocycles. The van der Waals surface area contributed by atoms with Crippen LogP contribution in [0.2, 0.25) is 0 Å². The molecule has 0 bridgehead atoms. The molecule has 3 rings (SSSR count). The molecule has 1 aromatic carbocycles. The van der Waals surface area contributed by atoms with E-state index >= 15 is 0 Å². The third-order valence-corrected chi connectivity index (χ3v) is 5.71. The maximum Gasteiger partial charge on any atom is 0.248 e. The van der Waals surface area contributed by atoms with Crippen LogP contribution in [0.25, 0.3) is 0 Å². The number of rotatable bonds is 9. The fourth-order valence-corrected chi connectivity index (χ4v) is 4.05. The van der Waals surface area contributed by atoms with Gasteiger partial charge in [-0.2, -0.15) is 16.7 Å². The first-order chi connectivity index (χ1) is 12.7. The molecule has 6 heteroatoms. The van der Waals surface area contributed by atoms with Crippen molar-refractivity contribution in [3.8, 4) is 0 Å². The van der Waals surface area contributed by atoms with Crippen molar-refractivity contribution in [2.45, 2.75) is 45.6 Å². The van der Waals surface area contributed by atoms with Gasteiger partial charge < -0.3 is 14.7 Å². The second kappa shape index (κ2) is 9.97. The van der Waals surface area contributed by atoms with E-state index in [9.17, 15) is 0 Å². The van der Waals surface area contributed by atoms with Crippen molar-refractivity contribution in [1.29, 1.82) is 0 Å². The van der Waals surface area contributed by atoms with E-state index < -0.39 is 0 Å². The molecule has 2 heterocycles. The van der Waals surface area contributed by atoms with Gasteiger partial charge in [0.1, 0.15) is 6.04 Å². The molecule has 2 aromatic rings. The SMILES string of the molecule is CCCCc1noc(C(C)Nc2ccc(CCN3CCSCC3)cc2)n1. The Morgan fingerprint density at radius 2 is 1.96 bits per heavy atom. The largest absolute Gasteiger partial charge is 0.374 e. The molecule has 0 spiro atoms. The van der Waals surface area contributed by atoms with E-state index in [1.165, 1.54) is 30.2 Å². The summed E-state index contributed by atoms with van der Waals surface area (Å²) in [6.07, 6.45) is 4.24. The number of hydrogen-bond donors (Lipinski definition) is 1. The Labute approximate surface area is 160 Å². The Morgan fingerprint density at radius 3 is 2.69 bits per heavy atom. The molecule has 5 nitrogen and oxygen atoms in total. The molecular weight excluding hydrogens is 344 g/mol. The minimum Gasteiger partial charge on any atom is -0.374 e. The van der Waals surface area contributed by atoms with Crippen molar-refractivity contribution < 1.29 is 4.52 Å². The van der Waals surface area contributed by atoms with E-state index in [4.69, 9.17) is 4.52 Å². The van der Waals surface area contributed by atoms with Crippen molar-refractivity contribution >= 4 is 17.4 Å². The Morgan fingerprint density at radius 1 is 1.19 bits per heavy atom. The van der Waals surface area contributed by atoms with Gasteiger partial charge in [0.05, 0.1) is 0 Å². The molecule has 26 heavy (non-hydrogen) atoms. The number of nitrogens with zero attached hydrogens (tertiary/aromatic N) is 3. The van der Waals surface area contributed by atoms with Crippen LogP contribution in [-0.4, -0.2) is 46.2 Å². The summed E-state index contributed by atoms with van der Waals surface area (Å²) in [6.45, 7) is 7.84. The first-order valence-electron chi connectivity index (χ1n) is 9.72. The highest BCUT2D eigenvalue weighted by molar-refractivity contribution is 7.99. The number of anilines is 1. The second-order valence-corrected chi connectivity index (χ2v) is 8.14.